The van der Waals surface area contributed by atoms with Crippen molar-refractivity contribution < 1.29 is 14.0 Å². The van der Waals surface area contributed by atoms with Crippen molar-refractivity contribution in [3.8, 4) is 0 Å². The van der Waals surface area contributed by atoms with Crippen molar-refractivity contribution >= 4 is 34.8 Å². The number of hydrogen-bond acceptors (Lipinski definition) is 4. The molecule has 0 radical (unpaired) electrons. The van der Waals surface area contributed by atoms with E-state index in [0.29, 0.717) is 11.3 Å². The lowest BCUT2D eigenvalue weighted by Crippen LogP contribution is -2.37. The number of anilines is 1. The Kier molecular flexibility index (Phi) is 6.06. The molecule has 0 aliphatic heterocycles. The smallest absolute Gasteiger partial charge is 0.313 e. The minimum Gasteiger partial charge on any atom is -0.402 e. The molecule has 1 aromatic rings. The molecule has 0 bridgehead atoms. The van der Waals surface area contributed by atoms with Crippen LogP contribution in [0.5, 0.6) is 0 Å². The number of rotatable bonds is 4. The molecule has 2 amide bonds. The number of carbonyl (C=O) groups excluding carboxylic acids is 2. The van der Waals surface area contributed by atoms with Gasteiger partial charge in [0.25, 0.3) is 0 Å². The van der Waals surface area contributed by atoms with Crippen LogP contribution in [0, 0.1) is 11.2 Å². The standard InChI is InChI=1S/C14H16ClFN4O2/c1-7(17)10(8(2)18)6-19-13(21)14(22)20-9-3-4-11(15)12(16)5-9/h3-5,17H,6,18H2,1-2H3,(H,19,21)(H,20,22)/b10-8-,17-7?. The van der Waals surface area contributed by atoms with E-state index >= 15 is 0 Å². The summed E-state index contributed by atoms with van der Waals surface area (Å²) in [5.41, 5.74) is 6.70. The summed E-state index contributed by atoms with van der Waals surface area (Å²) in [6, 6.07) is 3.64. The van der Waals surface area contributed by atoms with Gasteiger partial charge in [0.2, 0.25) is 0 Å². The van der Waals surface area contributed by atoms with E-state index in [-0.39, 0.29) is 23.0 Å². The quantitative estimate of drug-likeness (QED) is 0.500. The zero-order chi connectivity index (χ0) is 16.9. The SMILES string of the molecule is CC(=N)/C(CNC(=O)C(=O)Nc1ccc(Cl)c(F)c1)=C(/C)N. The fourth-order valence-corrected chi connectivity index (χ4v) is 1.70. The molecule has 8 heteroatoms. The summed E-state index contributed by atoms with van der Waals surface area (Å²) in [6.07, 6.45) is 0. The van der Waals surface area contributed by atoms with Gasteiger partial charge in [-0.2, -0.15) is 0 Å². The van der Waals surface area contributed by atoms with E-state index in [9.17, 15) is 14.0 Å². The topological polar surface area (TPSA) is 108 Å². The minimum absolute atomic E-state index is 0.0428. The second-order valence-electron chi connectivity index (χ2n) is 4.55. The average Bonchev–Trinajstić information content (AvgIpc) is 2.42. The Hall–Kier alpha value is -2.41. The van der Waals surface area contributed by atoms with Gasteiger partial charge in [0.15, 0.2) is 0 Å². The number of nitrogens with one attached hydrogen (secondary N) is 3. The Morgan fingerprint density at radius 1 is 1.32 bits per heavy atom. The van der Waals surface area contributed by atoms with Crippen molar-refractivity contribution in [2.24, 2.45) is 5.73 Å². The van der Waals surface area contributed by atoms with Crippen LogP contribution in [0.2, 0.25) is 5.02 Å². The molecule has 0 saturated carbocycles. The molecule has 0 saturated heterocycles. The summed E-state index contributed by atoms with van der Waals surface area (Å²) in [4.78, 5) is 23.4. The molecule has 6 nitrogen and oxygen atoms in total. The molecule has 0 aromatic heterocycles. The fourth-order valence-electron chi connectivity index (χ4n) is 1.58. The molecule has 118 valence electrons. The molecule has 0 fully saturated rings. The van der Waals surface area contributed by atoms with Crippen molar-refractivity contribution in [3.05, 3.63) is 40.3 Å². The maximum atomic E-state index is 13.2. The van der Waals surface area contributed by atoms with Gasteiger partial charge in [-0.1, -0.05) is 11.6 Å². The third kappa shape index (κ3) is 4.85. The van der Waals surface area contributed by atoms with Gasteiger partial charge in [-0.15, -0.1) is 0 Å². The van der Waals surface area contributed by atoms with Crippen LogP contribution in [0.4, 0.5) is 10.1 Å². The van der Waals surface area contributed by atoms with E-state index in [1.54, 1.807) is 6.92 Å². The van der Waals surface area contributed by atoms with Gasteiger partial charge in [-0.25, -0.2) is 4.39 Å². The number of carbonyl (C=O) groups is 2. The molecule has 0 spiro atoms. The summed E-state index contributed by atoms with van der Waals surface area (Å²) >= 11 is 5.52. The maximum Gasteiger partial charge on any atom is 0.313 e. The van der Waals surface area contributed by atoms with E-state index in [0.717, 1.165) is 6.07 Å². The Balaban J connectivity index is 2.66. The molecule has 22 heavy (non-hydrogen) atoms. The van der Waals surface area contributed by atoms with Gasteiger partial charge in [0.05, 0.1) is 5.02 Å². The molecule has 0 atom stereocenters. The largest absolute Gasteiger partial charge is 0.402 e. The predicted molar refractivity (Wildman–Crippen MR) is 83.3 cm³/mol. The first-order chi connectivity index (χ1) is 10.2. The van der Waals surface area contributed by atoms with E-state index in [1.165, 1.54) is 19.1 Å². The van der Waals surface area contributed by atoms with Crippen LogP contribution >= 0.6 is 11.6 Å². The van der Waals surface area contributed by atoms with Crippen LogP contribution in [-0.4, -0.2) is 24.1 Å². The Morgan fingerprint density at radius 2 is 1.95 bits per heavy atom. The zero-order valence-electron chi connectivity index (χ0n) is 12.1. The average molecular weight is 327 g/mol. The van der Waals surface area contributed by atoms with E-state index in [2.05, 4.69) is 10.6 Å². The summed E-state index contributed by atoms with van der Waals surface area (Å²) in [7, 11) is 0. The summed E-state index contributed by atoms with van der Waals surface area (Å²) in [5, 5.41) is 12.0. The lowest BCUT2D eigenvalue weighted by atomic mass is 10.1. The summed E-state index contributed by atoms with van der Waals surface area (Å²) in [5.74, 6) is -2.59. The molecule has 0 unspecified atom stereocenters. The minimum atomic E-state index is -0.960. The molecule has 0 aliphatic carbocycles. The van der Waals surface area contributed by atoms with Crippen molar-refractivity contribution in [1.82, 2.24) is 5.32 Å². The number of benzene rings is 1. The lowest BCUT2D eigenvalue weighted by Gasteiger charge is -2.10. The van der Waals surface area contributed by atoms with E-state index in [4.69, 9.17) is 22.7 Å². The number of halogens is 2. The van der Waals surface area contributed by atoms with Crippen molar-refractivity contribution in [2.45, 2.75) is 13.8 Å². The highest BCUT2D eigenvalue weighted by Gasteiger charge is 2.15. The van der Waals surface area contributed by atoms with Gasteiger partial charge in [-0.05, 0) is 32.0 Å². The molecule has 1 aromatic carbocycles. The van der Waals surface area contributed by atoms with Crippen molar-refractivity contribution in [1.29, 1.82) is 5.41 Å². The van der Waals surface area contributed by atoms with E-state index < -0.39 is 17.6 Å². The molecule has 5 N–H and O–H groups in total. The third-order valence-corrected chi connectivity index (χ3v) is 3.04. The van der Waals surface area contributed by atoms with Crippen LogP contribution in [0.15, 0.2) is 29.5 Å². The van der Waals surface area contributed by atoms with Crippen LogP contribution in [-0.2, 0) is 9.59 Å². The Bertz CT molecular complexity index is 654. The second kappa shape index (κ2) is 7.56. The lowest BCUT2D eigenvalue weighted by molar-refractivity contribution is -0.136. The highest BCUT2D eigenvalue weighted by molar-refractivity contribution is 6.39. The monoisotopic (exact) mass is 326 g/mol. The molecule has 1 rings (SSSR count). The van der Waals surface area contributed by atoms with Crippen LogP contribution < -0.4 is 16.4 Å². The van der Waals surface area contributed by atoms with Crippen LogP contribution in [0.25, 0.3) is 0 Å². The molecule has 0 aliphatic rings. The van der Waals surface area contributed by atoms with Crippen LogP contribution in [0.1, 0.15) is 13.8 Å². The first-order valence-corrected chi connectivity index (χ1v) is 6.65. The first kappa shape index (κ1) is 17.6. The number of allylic oxidation sites excluding steroid dienone is 1. The number of amides is 2. The Labute approximate surface area is 132 Å². The van der Waals surface area contributed by atoms with Gasteiger partial charge in [-0.3, -0.25) is 9.59 Å². The van der Waals surface area contributed by atoms with Gasteiger partial charge < -0.3 is 21.8 Å². The first-order valence-electron chi connectivity index (χ1n) is 6.27. The zero-order valence-corrected chi connectivity index (χ0v) is 12.8. The number of nitrogens with two attached hydrogens (primary N) is 1. The van der Waals surface area contributed by atoms with Crippen LogP contribution in [0.3, 0.4) is 0 Å². The van der Waals surface area contributed by atoms with Crippen molar-refractivity contribution in [3.63, 3.8) is 0 Å². The third-order valence-electron chi connectivity index (χ3n) is 2.74. The summed E-state index contributed by atoms with van der Waals surface area (Å²) in [6.45, 7) is 3.07. The normalized spacial score (nSPS) is 11.5. The van der Waals surface area contributed by atoms with Gasteiger partial charge in [0, 0.05) is 29.2 Å². The second-order valence-corrected chi connectivity index (χ2v) is 4.96. The maximum absolute atomic E-state index is 13.2. The highest BCUT2D eigenvalue weighted by atomic mass is 35.5. The summed E-state index contributed by atoms with van der Waals surface area (Å²) < 4.78 is 13.2. The van der Waals surface area contributed by atoms with Gasteiger partial charge >= 0.3 is 11.8 Å². The van der Waals surface area contributed by atoms with E-state index in [1.807, 2.05) is 0 Å². The predicted octanol–water partition coefficient (Wildman–Crippen LogP) is 1.81. The Morgan fingerprint density at radius 3 is 2.45 bits per heavy atom. The highest BCUT2D eigenvalue weighted by Crippen LogP contribution is 2.18. The fraction of sp³-hybridized carbons (Fsp3) is 0.214. The molecular weight excluding hydrogens is 311 g/mol. The number of hydrogen-bond donors (Lipinski definition) is 4. The van der Waals surface area contributed by atoms with Gasteiger partial charge in [0.1, 0.15) is 5.82 Å². The molecule has 0 heterocycles. The van der Waals surface area contributed by atoms with Crippen molar-refractivity contribution in [2.75, 3.05) is 11.9 Å². The molecular formula is C14H16ClFN4O2.